The molecule has 7 heteroatoms. The maximum atomic E-state index is 13.2. The first-order valence-electron chi connectivity index (χ1n) is 6.86. The highest BCUT2D eigenvalue weighted by atomic mass is 19.4. The van der Waals surface area contributed by atoms with E-state index in [1.165, 1.54) is 0 Å². The number of carbonyl (C=O) groups excluding carboxylic acids is 1. The summed E-state index contributed by atoms with van der Waals surface area (Å²) < 4.78 is 44.8. The molecule has 0 spiro atoms. The number of rotatable bonds is 5. The minimum Gasteiger partial charge on any atom is -0.488 e. The third-order valence-electron chi connectivity index (χ3n) is 3.27. The van der Waals surface area contributed by atoms with Crippen molar-refractivity contribution in [2.45, 2.75) is 19.7 Å². The van der Waals surface area contributed by atoms with Crippen molar-refractivity contribution in [1.29, 1.82) is 0 Å². The topological polar surface area (TPSA) is 63.6 Å². The SMILES string of the molecule is CC(=O)c1cc(C(F)(F)F)c(OCc2ccccc2)cc1C(=O)O. The van der Waals surface area contributed by atoms with Crippen LogP contribution in [-0.4, -0.2) is 16.9 Å². The van der Waals surface area contributed by atoms with Crippen molar-refractivity contribution in [3.8, 4) is 5.75 Å². The summed E-state index contributed by atoms with van der Waals surface area (Å²) in [5, 5.41) is 9.13. The van der Waals surface area contributed by atoms with Gasteiger partial charge in [0.2, 0.25) is 0 Å². The Hall–Kier alpha value is -2.83. The van der Waals surface area contributed by atoms with Gasteiger partial charge in [-0.3, -0.25) is 4.79 Å². The average molecular weight is 338 g/mol. The second-order valence-electron chi connectivity index (χ2n) is 5.03. The van der Waals surface area contributed by atoms with Crippen LogP contribution in [-0.2, 0) is 12.8 Å². The van der Waals surface area contributed by atoms with Crippen molar-refractivity contribution in [3.05, 3.63) is 64.7 Å². The lowest BCUT2D eigenvalue weighted by molar-refractivity contribution is -0.139. The molecule has 0 amide bonds. The fourth-order valence-corrected chi connectivity index (χ4v) is 2.12. The van der Waals surface area contributed by atoms with Gasteiger partial charge in [-0.05, 0) is 24.6 Å². The first kappa shape index (κ1) is 17.5. The van der Waals surface area contributed by atoms with E-state index in [4.69, 9.17) is 9.84 Å². The van der Waals surface area contributed by atoms with E-state index in [1.54, 1.807) is 30.3 Å². The maximum Gasteiger partial charge on any atom is 0.419 e. The lowest BCUT2D eigenvalue weighted by Gasteiger charge is -2.16. The number of hydrogen-bond donors (Lipinski definition) is 1. The normalized spacial score (nSPS) is 11.2. The van der Waals surface area contributed by atoms with Gasteiger partial charge < -0.3 is 9.84 Å². The van der Waals surface area contributed by atoms with Gasteiger partial charge >= 0.3 is 12.1 Å². The van der Waals surface area contributed by atoms with Gasteiger partial charge in [0.15, 0.2) is 5.78 Å². The number of carbonyl (C=O) groups is 2. The van der Waals surface area contributed by atoms with Gasteiger partial charge in [-0.2, -0.15) is 13.2 Å². The lowest BCUT2D eigenvalue weighted by atomic mass is 9.99. The van der Waals surface area contributed by atoms with E-state index in [0.29, 0.717) is 11.6 Å². The van der Waals surface area contributed by atoms with Crippen LogP contribution in [0.4, 0.5) is 13.2 Å². The van der Waals surface area contributed by atoms with Crippen molar-refractivity contribution >= 4 is 11.8 Å². The van der Waals surface area contributed by atoms with Crippen molar-refractivity contribution in [1.82, 2.24) is 0 Å². The molecule has 0 aromatic heterocycles. The summed E-state index contributed by atoms with van der Waals surface area (Å²) in [4.78, 5) is 22.7. The van der Waals surface area contributed by atoms with Crippen molar-refractivity contribution in [3.63, 3.8) is 0 Å². The van der Waals surface area contributed by atoms with E-state index < -0.39 is 40.4 Å². The number of ether oxygens (including phenoxy) is 1. The number of alkyl halides is 3. The second-order valence-corrected chi connectivity index (χ2v) is 5.03. The summed E-state index contributed by atoms with van der Waals surface area (Å²) in [6.07, 6.45) is -4.78. The molecule has 2 aromatic carbocycles. The number of carboxylic acid groups (broad SMARTS) is 1. The number of hydrogen-bond acceptors (Lipinski definition) is 3. The van der Waals surface area contributed by atoms with Crippen LogP contribution in [0.5, 0.6) is 5.75 Å². The Kier molecular flexibility index (Phi) is 4.92. The summed E-state index contributed by atoms with van der Waals surface area (Å²) in [6.45, 7) is 0.842. The van der Waals surface area contributed by atoms with Crippen LogP contribution in [0, 0.1) is 0 Å². The Labute approximate surface area is 135 Å². The third-order valence-corrected chi connectivity index (χ3v) is 3.27. The number of ketones is 1. The van der Waals surface area contributed by atoms with E-state index in [2.05, 4.69) is 0 Å². The Balaban J connectivity index is 2.49. The van der Waals surface area contributed by atoms with Crippen molar-refractivity contribution < 1.29 is 32.6 Å². The van der Waals surface area contributed by atoms with Crippen LogP contribution in [0.1, 0.15) is 38.8 Å². The van der Waals surface area contributed by atoms with Crippen LogP contribution in [0.25, 0.3) is 0 Å². The van der Waals surface area contributed by atoms with Crippen LogP contribution in [0.3, 0.4) is 0 Å². The van der Waals surface area contributed by atoms with E-state index in [0.717, 1.165) is 13.0 Å². The fraction of sp³-hybridized carbons (Fsp3) is 0.176. The van der Waals surface area contributed by atoms with E-state index in [1.807, 2.05) is 0 Å². The number of halogens is 3. The van der Waals surface area contributed by atoms with E-state index in [-0.39, 0.29) is 6.61 Å². The van der Waals surface area contributed by atoms with Gasteiger partial charge in [0, 0.05) is 5.56 Å². The first-order valence-corrected chi connectivity index (χ1v) is 6.86. The summed E-state index contributed by atoms with van der Waals surface area (Å²) in [5.41, 5.74) is -1.60. The Bertz CT molecular complexity index is 767. The molecule has 0 aliphatic rings. The Morgan fingerprint density at radius 1 is 1.08 bits per heavy atom. The Morgan fingerprint density at radius 2 is 1.71 bits per heavy atom. The second kappa shape index (κ2) is 6.74. The van der Waals surface area contributed by atoms with Crippen LogP contribution in [0.15, 0.2) is 42.5 Å². The predicted octanol–water partition coefficient (Wildman–Crippen LogP) is 4.19. The van der Waals surface area contributed by atoms with Gasteiger partial charge in [0.1, 0.15) is 12.4 Å². The standard InChI is InChI=1S/C17H13F3O4/c1-10(21)12-7-14(17(18,19)20)15(8-13(12)16(22)23)24-9-11-5-3-2-4-6-11/h2-8H,9H2,1H3,(H,22,23). The van der Waals surface area contributed by atoms with Gasteiger partial charge in [-0.1, -0.05) is 30.3 Å². The van der Waals surface area contributed by atoms with Crippen molar-refractivity contribution in [2.24, 2.45) is 0 Å². The molecule has 2 rings (SSSR count). The number of aromatic carboxylic acids is 1. The zero-order chi connectivity index (χ0) is 17.9. The molecular formula is C17H13F3O4. The molecule has 2 aromatic rings. The molecule has 0 bridgehead atoms. The molecule has 0 aliphatic carbocycles. The zero-order valence-corrected chi connectivity index (χ0v) is 12.6. The molecular weight excluding hydrogens is 325 g/mol. The van der Waals surface area contributed by atoms with Crippen LogP contribution in [0.2, 0.25) is 0 Å². The zero-order valence-electron chi connectivity index (χ0n) is 12.6. The highest BCUT2D eigenvalue weighted by Crippen LogP contribution is 2.38. The molecule has 0 saturated carbocycles. The molecule has 0 fully saturated rings. The summed E-state index contributed by atoms with van der Waals surface area (Å²) in [6, 6.07) is 9.73. The molecule has 0 radical (unpaired) electrons. The minimum atomic E-state index is -4.78. The maximum absolute atomic E-state index is 13.2. The number of Topliss-reactive ketones (excluding diaryl/α,β-unsaturated/α-hetero) is 1. The molecule has 0 unspecified atom stereocenters. The monoisotopic (exact) mass is 338 g/mol. The largest absolute Gasteiger partial charge is 0.488 e. The predicted molar refractivity (Wildman–Crippen MR) is 79.2 cm³/mol. The van der Waals surface area contributed by atoms with Gasteiger partial charge in [0.25, 0.3) is 0 Å². The van der Waals surface area contributed by atoms with Crippen LogP contribution >= 0.6 is 0 Å². The van der Waals surface area contributed by atoms with Gasteiger partial charge in [0.05, 0.1) is 11.1 Å². The van der Waals surface area contributed by atoms with Crippen LogP contribution < -0.4 is 4.74 Å². The third kappa shape index (κ3) is 3.92. The highest BCUT2D eigenvalue weighted by Gasteiger charge is 2.36. The number of benzene rings is 2. The molecule has 4 nitrogen and oxygen atoms in total. The smallest absolute Gasteiger partial charge is 0.419 e. The molecule has 0 aliphatic heterocycles. The summed E-state index contributed by atoms with van der Waals surface area (Å²) >= 11 is 0. The van der Waals surface area contributed by atoms with Gasteiger partial charge in [-0.15, -0.1) is 0 Å². The quantitative estimate of drug-likeness (QED) is 0.831. The molecule has 0 heterocycles. The summed E-state index contributed by atoms with van der Waals surface area (Å²) in [7, 11) is 0. The van der Waals surface area contributed by atoms with Gasteiger partial charge in [-0.25, -0.2) is 4.79 Å². The molecule has 0 atom stereocenters. The van der Waals surface area contributed by atoms with E-state index in [9.17, 15) is 22.8 Å². The summed E-state index contributed by atoms with van der Waals surface area (Å²) in [5.74, 6) is -2.90. The minimum absolute atomic E-state index is 0.164. The molecule has 1 N–H and O–H groups in total. The average Bonchev–Trinajstić information content (AvgIpc) is 2.51. The highest BCUT2D eigenvalue weighted by molar-refractivity contribution is 6.05. The fourth-order valence-electron chi connectivity index (χ4n) is 2.12. The van der Waals surface area contributed by atoms with E-state index >= 15 is 0 Å². The lowest BCUT2D eigenvalue weighted by Crippen LogP contribution is -2.14. The first-order chi connectivity index (χ1) is 11.2. The molecule has 126 valence electrons. The Morgan fingerprint density at radius 3 is 2.21 bits per heavy atom. The number of carboxylic acids is 1. The van der Waals surface area contributed by atoms with Crippen molar-refractivity contribution in [2.75, 3.05) is 0 Å². The molecule has 24 heavy (non-hydrogen) atoms. The molecule has 0 saturated heterocycles.